The van der Waals surface area contributed by atoms with Crippen molar-refractivity contribution in [3.05, 3.63) is 0 Å². The Balaban J connectivity index is 2.13. The van der Waals surface area contributed by atoms with Crippen LogP contribution in [0.5, 0.6) is 0 Å². The van der Waals surface area contributed by atoms with Crippen molar-refractivity contribution in [1.29, 1.82) is 0 Å². The van der Waals surface area contributed by atoms with Gasteiger partial charge in [0, 0.05) is 24.7 Å². The Labute approximate surface area is 134 Å². The molecule has 0 amide bonds. The van der Waals surface area contributed by atoms with Crippen molar-refractivity contribution in [3.63, 3.8) is 0 Å². The average Bonchev–Trinajstić information content (AvgIpc) is 2.45. The van der Waals surface area contributed by atoms with Crippen molar-refractivity contribution in [2.24, 2.45) is 0 Å². The maximum Gasteiger partial charge on any atom is 0.0278 e. The molecule has 1 saturated heterocycles. The van der Waals surface area contributed by atoms with Crippen LogP contribution in [0.4, 0.5) is 0 Å². The van der Waals surface area contributed by atoms with Gasteiger partial charge in [-0.1, -0.05) is 65.2 Å². The quantitative estimate of drug-likeness (QED) is 0.541. The molecule has 1 unspecified atom stereocenters. The highest BCUT2D eigenvalue weighted by Crippen LogP contribution is 2.21. The third-order valence-corrected chi connectivity index (χ3v) is 5.04. The predicted octanol–water partition coefficient (Wildman–Crippen LogP) is 4.98. The van der Waals surface area contributed by atoms with Crippen LogP contribution in [0.2, 0.25) is 0 Å². The summed E-state index contributed by atoms with van der Waals surface area (Å²) in [6.45, 7) is 13.1. The van der Waals surface area contributed by atoms with Gasteiger partial charge in [-0.25, -0.2) is 0 Å². The maximum atomic E-state index is 3.73. The van der Waals surface area contributed by atoms with Gasteiger partial charge >= 0.3 is 0 Å². The average molecular weight is 297 g/mol. The zero-order valence-corrected chi connectivity index (χ0v) is 15.2. The van der Waals surface area contributed by atoms with E-state index in [1.54, 1.807) is 0 Å². The van der Waals surface area contributed by atoms with E-state index in [9.17, 15) is 0 Å². The molecule has 0 bridgehead atoms. The van der Waals surface area contributed by atoms with Gasteiger partial charge in [0.1, 0.15) is 0 Å². The smallest absolute Gasteiger partial charge is 0.0278 e. The maximum absolute atomic E-state index is 3.73. The molecule has 0 aromatic carbocycles. The fourth-order valence-electron chi connectivity index (χ4n) is 3.46. The molecule has 0 aliphatic carbocycles. The normalized spacial score (nSPS) is 22.6. The molecule has 1 N–H and O–H groups in total. The molecule has 1 fully saturated rings. The number of piperazine rings is 1. The molecule has 1 atom stereocenters. The van der Waals surface area contributed by atoms with E-state index in [-0.39, 0.29) is 0 Å². The third kappa shape index (κ3) is 7.65. The highest BCUT2D eigenvalue weighted by molar-refractivity contribution is 4.92. The number of hydrogen-bond donors (Lipinski definition) is 1. The summed E-state index contributed by atoms with van der Waals surface area (Å²) in [6, 6.07) is 0.720. The monoisotopic (exact) mass is 296 g/mol. The van der Waals surface area contributed by atoms with Crippen LogP contribution in [-0.2, 0) is 0 Å². The summed E-state index contributed by atoms with van der Waals surface area (Å²) >= 11 is 0. The lowest BCUT2D eigenvalue weighted by atomic mass is 9.95. The van der Waals surface area contributed by atoms with E-state index in [0.717, 1.165) is 12.6 Å². The van der Waals surface area contributed by atoms with Crippen LogP contribution in [0.1, 0.15) is 91.9 Å². The Morgan fingerprint density at radius 2 is 1.52 bits per heavy atom. The van der Waals surface area contributed by atoms with Crippen molar-refractivity contribution >= 4 is 0 Å². The van der Waals surface area contributed by atoms with Crippen LogP contribution in [-0.4, -0.2) is 36.1 Å². The zero-order valence-electron chi connectivity index (χ0n) is 15.2. The minimum absolute atomic E-state index is 0.339. The number of hydrogen-bond acceptors (Lipinski definition) is 2. The number of nitrogens with one attached hydrogen (secondary N) is 1. The molecule has 0 radical (unpaired) electrons. The molecule has 0 saturated carbocycles. The van der Waals surface area contributed by atoms with Crippen molar-refractivity contribution in [2.45, 2.75) is 103 Å². The highest BCUT2D eigenvalue weighted by atomic mass is 15.3. The Kier molecular flexibility index (Phi) is 9.59. The summed E-state index contributed by atoms with van der Waals surface area (Å²) in [5, 5.41) is 3.73. The lowest BCUT2D eigenvalue weighted by Crippen LogP contribution is -2.61. The molecule has 1 heterocycles. The molecule has 1 aliphatic rings. The van der Waals surface area contributed by atoms with Gasteiger partial charge in [-0.05, 0) is 33.2 Å². The Morgan fingerprint density at radius 3 is 2.14 bits per heavy atom. The van der Waals surface area contributed by atoms with Gasteiger partial charge < -0.3 is 5.32 Å². The highest BCUT2D eigenvalue weighted by Gasteiger charge is 2.32. The Hall–Kier alpha value is -0.0800. The van der Waals surface area contributed by atoms with Crippen LogP contribution in [0, 0.1) is 0 Å². The van der Waals surface area contributed by atoms with Gasteiger partial charge in [0.05, 0.1) is 0 Å². The molecule has 0 aromatic rings. The predicted molar refractivity (Wildman–Crippen MR) is 95.0 cm³/mol. The first-order valence-corrected chi connectivity index (χ1v) is 9.58. The third-order valence-electron chi connectivity index (χ3n) is 5.04. The fraction of sp³-hybridized carbons (Fsp3) is 1.00. The summed E-state index contributed by atoms with van der Waals surface area (Å²) in [7, 11) is 0. The van der Waals surface area contributed by atoms with E-state index >= 15 is 0 Å². The van der Waals surface area contributed by atoms with E-state index in [1.165, 1.54) is 77.3 Å². The van der Waals surface area contributed by atoms with Crippen LogP contribution in [0.25, 0.3) is 0 Å². The summed E-state index contributed by atoms with van der Waals surface area (Å²) in [4.78, 5) is 2.74. The van der Waals surface area contributed by atoms with Crippen molar-refractivity contribution < 1.29 is 0 Å². The van der Waals surface area contributed by atoms with Crippen molar-refractivity contribution in [2.75, 3.05) is 19.6 Å². The molecule has 1 rings (SSSR count). The van der Waals surface area contributed by atoms with Crippen molar-refractivity contribution in [1.82, 2.24) is 10.2 Å². The lowest BCUT2D eigenvalue weighted by molar-refractivity contribution is 0.0620. The first-order chi connectivity index (χ1) is 10.1. The fourth-order valence-corrected chi connectivity index (χ4v) is 3.46. The molecule has 2 nitrogen and oxygen atoms in total. The molecule has 21 heavy (non-hydrogen) atoms. The van der Waals surface area contributed by atoms with Gasteiger partial charge in [0.2, 0.25) is 0 Å². The topological polar surface area (TPSA) is 15.3 Å². The SMILES string of the molecule is CCCCCCCCCCN1CC(CCC)NCC1(C)C. The summed E-state index contributed by atoms with van der Waals surface area (Å²) < 4.78 is 0. The van der Waals surface area contributed by atoms with E-state index in [2.05, 4.69) is 37.9 Å². The van der Waals surface area contributed by atoms with Crippen LogP contribution >= 0.6 is 0 Å². The van der Waals surface area contributed by atoms with Gasteiger partial charge in [0.15, 0.2) is 0 Å². The minimum Gasteiger partial charge on any atom is -0.311 e. The standard InChI is InChI=1S/C19H40N2/c1-5-7-8-9-10-11-12-13-15-21-16-18(14-6-2)20-17-19(21,3)4/h18,20H,5-17H2,1-4H3. The molecular formula is C19H40N2. The summed E-state index contributed by atoms with van der Waals surface area (Å²) in [5.74, 6) is 0. The van der Waals surface area contributed by atoms with Crippen LogP contribution in [0.15, 0.2) is 0 Å². The lowest BCUT2D eigenvalue weighted by Gasteiger charge is -2.46. The first kappa shape index (κ1) is 19.0. The summed E-state index contributed by atoms with van der Waals surface area (Å²) in [6.07, 6.45) is 14.0. The molecule has 126 valence electrons. The molecular weight excluding hydrogens is 256 g/mol. The first-order valence-electron chi connectivity index (χ1n) is 9.58. The second kappa shape index (κ2) is 10.6. The molecule has 2 heteroatoms. The van der Waals surface area contributed by atoms with Gasteiger partial charge in [-0.3, -0.25) is 4.90 Å². The summed E-state index contributed by atoms with van der Waals surface area (Å²) in [5.41, 5.74) is 0.339. The number of unbranched alkanes of at least 4 members (excludes halogenated alkanes) is 7. The van der Waals surface area contributed by atoms with Crippen LogP contribution < -0.4 is 5.32 Å². The number of nitrogens with zero attached hydrogens (tertiary/aromatic N) is 1. The Morgan fingerprint density at radius 1 is 0.905 bits per heavy atom. The number of rotatable bonds is 11. The van der Waals surface area contributed by atoms with E-state index in [1.807, 2.05) is 0 Å². The second-order valence-corrected chi connectivity index (χ2v) is 7.60. The van der Waals surface area contributed by atoms with Crippen molar-refractivity contribution in [3.8, 4) is 0 Å². The Bertz CT molecular complexity index is 250. The second-order valence-electron chi connectivity index (χ2n) is 7.60. The van der Waals surface area contributed by atoms with Crippen LogP contribution in [0.3, 0.4) is 0 Å². The molecule has 1 aliphatic heterocycles. The zero-order chi connectivity index (χ0) is 15.6. The van der Waals surface area contributed by atoms with E-state index in [0.29, 0.717) is 5.54 Å². The molecule has 0 aromatic heterocycles. The minimum atomic E-state index is 0.339. The van der Waals surface area contributed by atoms with E-state index < -0.39 is 0 Å². The molecule has 0 spiro atoms. The largest absolute Gasteiger partial charge is 0.311 e. The van der Waals surface area contributed by atoms with Gasteiger partial charge in [-0.15, -0.1) is 0 Å². The van der Waals surface area contributed by atoms with Gasteiger partial charge in [0.25, 0.3) is 0 Å². The van der Waals surface area contributed by atoms with E-state index in [4.69, 9.17) is 0 Å². The van der Waals surface area contributed by atoms with Gasteiger partial charge in [-0.2, -0.15) is 0 Å².